The summed E-state index contributed by atoms with van der Waals surface area (Å²) in [6.07, 6.45) is 5.37. The van der Waals surface area contributed by atoms with Crippen molar-refractivity contribution in [1.29, 1.82) is 0 Å². The highest BCUT2D eigenvalue weighted by atomic mass is 32.2. The third-order valence-electron chi connectivity index (χ3n) is 4.13. The first-order valence-electron chi connectivity index (χ1n) is 7.16. The molecule has 3 unspecified atom stereocenters. The number of nitrogens with one attached hydrogen (secondary N) is 1. The number of hydrogen-bond donors (Lipinski definition) is 1. The fourth-order valence-corrected chi connectivity index (χ4v) is 4.27. The van der Waals surface area contributed by atoms with Crippen LogP contribution in [-0.4, -0.2) is 27.8 Å². The summed E-state index contributed by atoms with van der Waals surface area (Å²) in [7, 11) is -0.685. The first-order chi connectivity index (χ1) is 8.06. The van der Waals surface area contributed by atoms with Crippen LogP contribution in [0.5, 0.6) is 0 Å². The fourth-order valence-electron chi connectivity index (χ4n) is 2.62. The van der Waals surface area contributed by atoms with Gasteiger partial charge in [-0.3, -0.25) is 4.21 Å². The molecular formula is C14H29NOS. The molecule has 1 N–H and O–H groups in total. The molecule has 1 rings (SSSR count). The first kappa shape index (κ1) is 15.2. The molecule has 0 bridgehead atoms. The molecule has 102 valence electrons. The standard InChI is InChI=1S/C14H29NOS/c1-5-15-14(13-8-6-7-9-13)10-17(16)12(4)11(2)3/h11-15H,5-10H2,1-4H3. The molecule has 0 aromatic carbocycles. The minimum atomic E-state index is -0.685. The molecule has 0 aromatic rings. The summed E-state index contributed by atoms with van der Waals surface area (Å²) in [4.78, 5) is 0. The van der Waals surface area contributed by atoms with E-state index in [0.717, 1.165) is 18.2 Å². The summed E-state index contributed by atoms with van der Waals surface area (Å²) in [5.41, 5.74) is 0. The Bertz CT molecular complexity index is 236. The van der Waals surface area contributed by atoms with Gasteiger partial charge < -0.3 is 5.32 Å². The molecule has 1 aliphatic carbocycles. The average molecular weight is 259 g/mol. The lowest BCUT2D eigenvalue weighted by Gasteiger charge is -2.26. The molecule has 0 heterocycles. The first-order valence-corrected chi connectivity index (χ1v) is 8.55. The molecule has 1 saturated carbocycles. The SMILES string of the molecule is CCNC(CS(=O)C(C)C(C)C)C1CCCC1. The molecule has 17 heavy (non-hydrogen) atoms. The molecule has 0 aliphatic heterocycles. The van der Waals surface area contributed by atoms with Gasteiger partial charge in [0.15, 0.2) is 0 Å². The van der Waals surface area contributed by atoms with Crippen LogP contribution < -0.4 is 5.32 Å². The van der Waals surface area contributed by atoms with Crippen molar-refractivity contribution < 1.29 is 4.21 Å². The van der Waals surface area contributed by atoms with Crippen LogP contribution >= 0.6 is 0 Å². The highest BCUT2D eigenvalue weighted by Gasteiger charge is 2.27. The van der Waals surface area contributed by atoms with Crippen molar-refractivity contribution in [1.82, 2.24) is 5.32 Å². The van der Waals surface area contributed by atoms with Gasteiger partial charge in [0.2, 0.25) is 0 Å². The van der Waals surface area contributed by atoms with Gasteiger partial charge in [-0.15, -0.1) is 0 Å². The maximum Gasteiger partial charge on any atom is 0.0394 e. The largest absolute Gasteiger partial charge is 0.313 e. The zero-order valence-corrected chi connectivity index (χ0v) is 12.7. The molecule has 0 aromatic heterocycles. The molecule has 3 atom stereocenters. The summed E-state index contributed by atoms with van der Waals surface area (Å²) in [6.45, 7) is 9.60. The molecule has 3 heteroatoms. The Labute approximate surface area is 109 Å². The van der Waals surface area contributed by atoms with Crippen LogP contribution in [0, 0.1) is 11.8 Å². The molecule has 0 radical (unpaired) electrons. The predicted octanol–water partition coefficient (Wildman–Crippen LogP) is 2.95. The minimum absolute atomic E-state index is 0.317. The van der Waals surface area contributed by atoms with Crippen LogP contribution in [-0.2, 0) is 10.8 Å². The van der Waals surface area contributed by atoms with Crippen LogP contribution in [0.25, 0.3) is 0 Å². The Kier molecular flexibility index (Phi) is 6.71. The lowest BCUT2D eigenvalue weighted by atomic mass is 10.00. The second-order valence-electron chi connectivity index (χ2n) is 5.71. The predicted molar refractivity (Wildman–Crippen MR) is 76.7 cm³/mol. The molecule has 0 amide bonds. The van der Waals surface area contributed by atoms with E-state index >= 15 is 0 Å². The summed E-state index contributed by atoms with van der Waals surface area (Å²) < 4.78 is 12.3. The molecule has 0 spiro atoms. The van der Waals surface area contributed by atoms with Gasteiger partial charge in [-0.05, 0) is 31.2 Å². The van der Waals surface area contributed by atoms with Gasteiger partial charge in [0.25, 0.3) is 0 Å². The normalized spacial score (nSPS) is 22.9. The monoisotopic (exact) mass is 259 g/mol. The van der Waals surface area contributed by atoms with Crippen molar-refractivity contribution in [3.63, 3.8) is 0 Å². The number of rotatable bonds is 7. The van der Waals surface area contributed by atoms with Crippen LogP contribution in [0.4, 0.5) is 0 Å². The molecule has 1 fully saturated rings. The van der Waals surface area contributed by atoms with E-state index in [9.17, 15) is 4.21 Å². The van der Waals surface area contributed by atoms with E-state index in [2.05, 4.69) is 33.0 Å². The summed E-state index contributed by atoms with van der Waals surface area (Å²) in [5.74, 6) is 2.12. The summed E-state index contributed by atoms with van der Waals surface area (Å²) in [6, 6.07) is 0.476. The van der Waals surface area contributed by atoms with E-state index in [1.807, 2.05) is 0 Å². The highest BCUT2D eigenvalue weighted by Crippen LogP contribution is 2.28. The van der Waals surface area contributed by atoms with Crippen molar-refractivity contribution in [2.45, 2.75) is 64.7 Å². The average Bonchev–Trinajstić information content (AvgIpc) is 2.80. The molecular weight excluding hydrogens is 230 g/mol. The van der Waals surface area contributed by atoms with E-state index in [-0.39, 0.29) is 0 Å². The van der Waals surface area contributed by atoms with Crippen molar-refractivity contribution in [2.75, 3.05) is 12.3 Å². The third kappa shape index (κ3) is 4.70. The quantitative estimate of drug-likeness (QED) is 0.761. The summed E-state index contributed by atoms with van der Waals surface area (Å²) >= 11 is 0. The van der Waals surface area contributed by atoms with Crippen LogP contribution in [0.2, 0.25) is 0 Å². The summed E-state index contributed by atoms with van der Waals surface area (Å²) in [5, 5.41) is 3.87. The lowest BCUT2D eigenvalue weighted by molar-refractivity contribution is 0.391. The highest BCUT2D eigenvalue weighted by molar-refractivity contribution is 7.85. The lowest BCUT2D eigenvalue weighted by Crippen LogP contribution is -2.41. The van der Waals surface area contributed by atoms with Gasteiger partial charge in [-0.1, -0.05) is 40.5 Å². The van der Waals surface area contributed by atoms with Gasteiger partial charge in [0.1, 0.15) is 0 Å². The maximum absolute atomic E-state index is 12.3. The van der Waals surface area contributed by atoms with Crippen molar-refractivity contribution >= 4 is 10.8 Å². The Balaban J connectivity index is 2.50. The second kappa shape index (κ2) is 7.52. The van der Waals surface area contributed by atoms with E-state index in [4.69, 9.17) is 0 Å². The maximum atomic E-state index is 12.3. The third-order valence-corrected chi connectivity index (χ3v) is 6.19. The van der Waals surface area contributed by atoms with E-state index in [1.165, 1.54) is 25.7 Å². The Morgan fingerprint density at radius 1 is 1.24 bits per heavy atom. The van der Waals surface area contributed by atoms with Crippen LogP contribution in [0.1, 0.15) is 53.4 Å². The van der Waals surface area contributed by atoms with Gasteiger partial charge in [0, 0.05) is 27.8 Å². The van der Waals surface area contributed by atoms with Crippen molar-refractivity contribution in [3.8, 4) is 0 Å². The van der Waals surface area contributed by atoms with E-state index in [0.29, 0.717) is 17.2 Å². The zero-order valence-electron chi connectivity index (χ0n) is 11.9. The van der Waals surface area contributed by atoms with Crippen molar-refractivity contribution in [3.05, 3.63) is 0 Å². The smallest absolute Gasteiger partial charge is 0.0394 e. The minimum Gasteiger partial charge on any atom is -0.313 e. The van der Waals surface area contributed by atoms with E-state index < -0.39 is 10.8 Å². The van der Waals surface area contributed by atoms with Crippen LogP contribution in [0.15, 0.2) is 0 Å². The van der Waals surface area contributed by atoms with Gasteiger partial charge >= 0.3 is 0 Å². The second-order valence-corrected chi connectivity index (χ2v) is 7.54. The van der Waals surface area contributed by atoms with Gasteiger partial charge in [0.05, 0.1) is 0 Å². The topological polar surface area (TPSA) is 29.1 Å². The van der Waals surface area contributed by atoms with Gasteiger partial charge in [-0.2, -0.15) is 0 Å². The molecule has 0 saturated heterocycles. The fraction of sp³-hybridized carbons (Fsp3) is 1.00. The van der Waals surface area contributed by atoms with Crippen LogP contribution in [0.3, 0.4) is 0 Å². The Morgan fingerprint density at radius 2 is 1.82 bits per heavy atom. The van der Waals surface area contributed by atoms with E-state index in [1.54, 1.807) is 0 Å². The molecule has 1 aliphatic rings. The number of hydrogen-bond acceptors (Lipinski definition) is 2. The van der Waals surface area contributed by atoms with Crippen molar-refractivity contribution in [2.24, 2.45) is 11.8 Å². The Morgan fingerprint density at radius 3 is 2.29 bits per heavy atom. The Hall–Kier alpha value is 0.110. The van der Waals surface area contributed by atoms with Gasteiger partial charge in [-0.25, -0.2) is 0 Å². The molecule has 2 nitrogen and oxygen atoms in total. The zero-order chi connectivity index (χ0) is 12.8.